The first-order valence-electron chi connectivity index (χ1n) is 8.37. The molecule has 1 aliphatic heterocycles. The average molecular weight is 343 g/mol. The first-order valence-corrected chi connectivity index (χ1v) is 8.37. The molecule has 1 saturated heterocycles. The smallest absolute Gasteiger partial charge is 0.411 e. The number of amides is 2. The molecule has 1 aromatic rings. The Labute approximate surface area is 149 Å². The Balaban J connectivity index is 2.16. The molecule has 3 unspecified atom stereocenters. The molecule has 0 bridgehead atoms. The number of hydrogen-bond donors (Lipinski definition) is 0. The number of terminal acetylenes is 1. The van der Waals surface area contributed by atoms with Gasteiger partial charge < -0.3 is 4.74 Å². The van der Waals surface area contributed by atoms with Crippen molar-refractivity contribution in [2.75, 3.05) is 11.4 Å². The van der Waals surface area contributed by atoms with Gasteiger partial charge in [0.05, 0.1) is 0 Å². The molecule has 1 aliphatic rings. The van der Waals surface area contributed by atoms with Crippen LogP contribution in [-0.2, 0) is 9.53 Å². The summed E-state index contributed by atoms with van der Waals surface area (Å²) in [6.45, 7) is 7.81. The fourth-order valence-corrected chi connectivity index (χ4v) is 3.15. The number of pyridine rings is 1. The Bertz CT molecular complexity index is 648. The number of likely N-dealkylation sites (tertiary alicyclic amines) is 1. The second kappa shape index (κ2) is 7.56. The maximum atomic E-state index is 12.5. The summed E-state index contributed by atoms with van der Waals surface area (Å²) >= 11 is 0. The Morgan fingerprint density at radius 2 is 2.24 bits per heavy atom. The number of nitrogens with zero attached hydrogens (tertiary/aromatic N) is 3. The van der Waals surface area contributed by atoms with Gasteiger partial charge in [0.25, 0.3) is 0 Å². The molecule has 0 radical (unpaired) electrons. The fraction of sp³-hybridized carbons (Fsp3) is 0.526. The second-order valence-corrected chi connectivity index (χ2v) is 7.29. The summed E-state index contributed by atoms with van der Waals surface area (Å²) in [5, 5.41) is 0. The number of carbonyl (C=O) groups excluding carboxylic acids is 2. The standard InChI is InChI=1S/C19H25N3O3/c1-6-16-15(12-21(13-23)17-9-7-8-10-20-17)11-14(2)22(16)18(24)25-19(3,4)5/h1,7-10,13-16H,11-12H2,2-5H3. The SMILES string of the molecule is C#CC1C(CN(C=O)c2ccccn2)CC(C)N1C(=O)OC(C)(C)C. The summed E-state index contributed by atoms with van der Waals surface area (Å²) in [6.07, 6.45) is 8.38. The lowest BCUT2D eigenvalue weighted by Gasteiger charge is -2.30. The predicted molar refractivity (Wildman–Crippen MR) is 95.9 cm³/mol. The van der Waals surface area contributed by atoms with Crippen molar-refractivity contribution in [2.45, 2.75) is 51.8 Å². The van der Waals surface area contributed by atoms with Crippen LogP contribution in [0.5, 0.6) is 0 Å². The number of hydrogen-bond acceptors (Lipinski definition) is 4. The van der Waals surface area contributed by atoms with E-state index in [0.29, 0.717) is 18.8 Å². The van der Waals surface area contributed by atoms with Crippen LogP contribution in [-0.4, -0.2) is 46.6 Å². The minimum absolute atomic E-state index is 0.0419. The Kier molecular flexibility index (Phi) is 5.68. The highest BCUT2D eigenvalue weighted by Crippen LogP contribution is 2.32. The molecule has 0 spiro atoms. The van der Waals surface area contributed by atoms with Gasteiger partial charge >= 0.3 is 6.09 Å². The topological polar surface area (TPSA) is 62.7 Å². The van der Waals surface area contributed by atoms with E-state index < -0.39 is 17.7 Å². The molecule has 6 nitrogen and oxygen atoms in total. The zero-order chi connectivity index (χ0) is 18.6. The molecule has 0 aromatic carbocycles. The van der Waals surface area contributed by atoms with Crippen LogP contribution in [0.15, 0.2) is 24.4 Å². The molecular weight excluding hydrogens is 318 g/mol. The third-order valence-corrected chi connectivity index (χ3v) is 4.14. The van der Waals surface area contributed by atoms with Crippen LogP contribution in [0.4, 0.5) is 10.6 Å². The number of ether oxygens (including phenoxy) is 1. The summed E-state index contributed by atoms with van der Waals surface area (Å²) in [6, 6.07) is 4.90. The Morgan fingerprint density at radius 3 is 2.76 bits per heavy atom. The monoisotopic (exact) mass is 343 g/mol. The Hall–Kier alpha value is -2.55. The molecule has 2 rings (SSSR count). The van der Waals surface area contributed by atoms with Crippen molar-refractivity contribution < 1.29 is 14.3 Å². The van der Waals surface area contributed by atoms with Crippen LogP contribution in [0.3, 0.4) is 0 Å². The maximum Gasteiger partial charge on any atom is 0.411 e. The highest BCUT2D eigenvalue weighted by molar-refractivity contribution is 5.73. The van der Waals surface area contributed by atoms with E-state index in [1.807, 2.05) is 33.8 Å². The second-order valence-electron chi connectivity index (χ2n) is 7.29. The molecule has 1 aromatic heterocycles. The number of aromatic nitrogens is 1. The van der Waals surface area contributed by atoms with Crippen LogP contribution < -0.4 is 4.90 Å². The van der Waals surface area contributed by atoms with E-state index in [9.17, 15) is 9.59 Å². The zero-order valence-corrected chi connectivity index (χ0v) is 15.2. The summed E-state index contributed by atoms with van der Waals surface area (Å²) in [5.41, 5.74) is -0.586. The van der Waals surface area contributed by atoms with Crippen molar-refractivity contribution in [3.05, 3.63) is 24.4 Å². The van der Waals surface area contributed by atoms with E-state index in [4.69, 9.17) is 11.2 Å². The van der Waals surface area contributed by atoms with Crippen molar-refractivity contribution in [1.29, 1.82) is 0 Å². The third kappa shape index (κ3) is 4.50. The van der Waals surface area contributed by atoms with E-state index >= 15 is 0 Å². The van der Waals surface area contributed by atoms with Gasteiger partial charge in [-0.25, -0.2) is 9.78 Å². The number of rotatable bonds is 4. The van der Waals surface area contributed by atoms with Gasteiger partial charge in [-0.1, -0.05) is 12.0 Å². The maximum absolute atomic E-state index is 12.5. The van der Waals surface area contributed by atoms with Gasteiger partial charge in [-0.2, -0.15) is 0 Å². The van der Waals surface area contributed by atoms with Crippen molar-refractivity contribution in [3.63, 3.8) is 0 Å². The van der Waals surface area contributed by atoms with Gasteiger partial charge in [0.15, 0.2) is 0 Å². The summed E-state index contributed by atoms with van der Waals surface area (Å²) in [7, 11) is 0. The van der Waals surface area contributed by atoms with Crippen molar-refractivity contribution in [2.24, 2.45) is 5.92 Å². The minimum Gasteiger partial charge on any atom is -0.444 e. The Morgan fingerprint density at radius 1 is 1.52 bits per heavy atom. The predicted octanol–water partition coefficient (Wildman–Crippen LogP) is 2.69. The molecule has 2 amide bonds. The van der Waals surface area contributed by atoms with Gasteiger partial charge in [0.1, 0.15) is 17.5 Å². The van der Waals surface area contributed by atoms with Gasteiger partial charge in [-0.05, 0) is 46.2 Å². The highest BCUT2D eigenvalue weighted by Gasteiger charge is 2.43. The molecule has 0 saturated carbocycles. The van der Waals surface area contributed by atoms with E-state index in [-0.39, 0.29) is 12.0 Å². The van der Waals surface area contributed by atoms with Crippen molar-refractivity contribution in [3.8, 4) is 12.3 Å². The molecule has 25 heavy (non-hydrogen) atoms. The van der Waals surface area contributed by atoms with Crippen LogP contribution in [0.2, 0.25) is 0 Å². The zero-order valence-electron chi connectivity index (χ0n) is 15.2. The fourth-order valence-electron chi connectivity index (χ4n) is 3.15. The molecule has 2 heterocycles. The highest BCUT2D eigenvalue weighted by atomic mass is 16.6. The van der Waals surface area contributed by atoms with E-state index in [0.717, 1.165) is 6.41 Å². The van der Waals surface area contributed by atoms with Gasteiger partial charge in [0, 0.05) is 24.7 Å². The van der Waals surface area contributed by atoms with Crippen LogP contribution in [0.25, 0.3) is 0 Å². The molecular formula is C19H25N3O3. The molecule has 6 heteroatoms. The third-order valence-electron chi connectivity index (χ3n) is 4.14. The van der Waals surface area contributed by atoms with Gasteiger partial charge in [0.2, 0.25) is 6.41 Å². The molecule has 0 N–H and O–H groups in total. The van der Waals surface area contributed by atoms with E-state index in [2.05, 4.69) is 10.9 Å². The number of carbonyl (C=O) groups is 2. The quantitative estimate of drug-likeness (QED) is 0.623. The van der Waals surface area contributed by atoms with Crippen LogP contribution in [0.1, 0.15) is 34.1 Å². The van der Waals surface area contributed by atoms with Gasteiger partial charge in [-0.15, -0.1) is 6.42 Å². The average Bonchev–Trinajstić information content (AvgIpc) is 2.87. The molecule has 134 valence electrons. The molecule has 3 atom stereocenters. The molecule has 0 aliphatic carbocycles. The summed E-state index contributed by atoms with van der Waals surface area (Å²) < 4.78 is 5.48. The van der Waals surface area contributed by atoms with Crippen molar-refractivity contribution >= 4 is 18.3 Å². The van der Waals surface area contributed by atoms with Crippen molar-refractivity contribution in [1.82, 2.24) is 9.88 Å². The summed E-state index contributed by atoms with van der Waals surface area (Å²) in [5.74, 6) is 3.23. The lowest BCUT2D eigenvalue weighted by Crippen LogP contribution is -2.45. The minimum atomic E-state index is -0.586. The lowest BCUT2D eigenvalue weighted by molar-refractivity contribution is -0.107. The van der Waals surface area contributed by atoms with Crippen LogP contribution in [0, 0.1) is 18.3 Å². The largest absolute Gasteiger partial charge is 0.444 e. The van der Waals surface area contributed by atoms with E-state index in [1.54, 1.807) is 23.2 Å². The van der Waals surface area contributed by atoms with E-state index in [1.165, 1.54) is 4.90 Å². The lowest BCUT2D eigenvalue weighted by atomic mass is 9.99. The number of anilines is 1. The first kappa shape index (κ1) is 18.8. The van der Waals surface area contributed by atoms with Crippen LogP contribution >= 0.6 is 0 Å². The van der Waals surface area contributed by atoms with Gasteiger partial charge in [-0.3, -0.25) is 14.6 Å². The summed E-state index contributed by atoms with van der Waals surface area (Å²) in [4.78, 5) is 31.4. The molecule has 1 fully saturated rings. The first-order chi connectivity index (χ1) is 11.8. The normalized spacial score (nSPS) is 23.0.